The van der Waals surface area contributed by atoms with Crippen LogP contribution in [0.4, 0.5) is 11.8 Å². The van der Waals surface area contributed by atoms with E-state index in [0.29, 0.717) is 5.88 Å². The van der Waals surface area contributed by atoms with Gasteiger partial charge in [0.15, 0.2) is 0 Å². The molecule has 100 valence electrons. The maximum Gasteiger partial charge on any atom is 0.225 e. The Kier molecular flexibility index (Phi) is 4.23. The van der Waals surface area contributed by atoms with Gasteiger partial charge in [-0.05, 0) is 32.1 Å². The highest BCUT2D eigenvalue weighted by molar-refractivity contribution is 5.42. The van der Waals surface area contributed by atoms with Gasteiger partial charge in [-0.1, -0.05) is 13.3 Å². The van der Waals surface area contributed by atoms with Gasteiger partial charge in [-0.3, -0.25) is 0 Å². The Morgan fingerprint density at radius 1 is 1.44 bits per heavy atom. The van der Waals surface area contributed by atoms with Crippen LogP contribution in [0, 0.1) is 5.92 Å². The molecule has 1 fully saturated rings. The molecule has 2 rings (SSSR count). The van der Waals surface area contributed by atoms with Crippen LogP contribution < -0.4 is 15.8 Å². The maximum absolute atomic E-state index is 5.92. The molecular weight excluding hydrogens is 228 g/mol. The maximum atomic E-state index is 5.92. The van der Waals surface area contributed by atoms with E-state index >= 15 is 0 Å². The number of nitrogen functional groups attached to an aromatic ring is 1. The van der Waals surface area contributed by atoms with E-state index in [1.54, 1.807) is 0 Å². The SMILES string of the molecule is CCNc1cc(OC2CCCC(C)C2)nc(N)n1. The molecule has 0 radical (unpaired) electrons. The highest BCUT2D eigenvalue weighted by atomic mass is 16.5. The smallest absolute Gasteiger partial charge is 0.225 e. The van der Waals surface area contributed by atoms with Gasteiger partial charge in [-0.15, -0.1) is 0 Å². The van der Waals surface area contributed by atoms with Gasteiger partial charge >= 0.3 is 0 Å². The average Bonchev–Trinajstić information content (AvgIpc) is 2.28. The first kappa shape index (κ1) is 12.9. The molecule has 1 heterocycles. The second-order valence-electron chi connectivity index (χ2n) is 4.99. The number of rotatable bonds is 4. The normalized spacial score (nSPS) is 23.7. The first-order chi connectivity index (χ1) is 8.67. The van der Waals surface area contributed by atoms with Crippen molar-refractivity contribution in [1.82, 2.24) is 9.97 Å². The number of nitrogens with two attached hydrogens (primary N) is 1. The summed E-state index contributed by atoms with van der Waals surface area (Å²) in [5.74, 6) is 2.30. The van der Waals surface area contributed by atoms with E-state index in [1.807, 2.05) is 13.0 Å². The van der Waals surface area contributed by atoms with E-state index in [-0.39, 0.29) is 12.1 Å². The Morgan fingerprint density at radius 3 is 3.00 bits per heavy atom. The van der Waals surface area contributed by atoms with E-state index in [0.717, 1.165) is 31.1 Å². The van der Waals surface area contributed by atoms with Crippen LogP contribution in [-0.4, -0.2) is 22.6 Å². The Labute approximate surface area is 108 Å². The molecule has 0 bridgehead atoms. The molecule has 1 aliphatic carbocycles. The largest absolute Gasteiger partial charge is 0.474 e. The number of nitrogens with one attached hydrogen (secondary N) is 1. The minimum atomic E-state index is 0.257. The van der Waals surface area contributed by atoms with Crippen molar-refractivity contribution < 1.29 is 4.74 Å². The third-order valence-corrected chi connectivity index (χ3v) is 3.25. The predicted octanol–water partition coefficient (Wildman–Crippen LogP) is 2.45. The van der Waals surface area contributed by atoms with Crippen molar-refractivity contribution in [2.24, 2.45) is 5.92 Å². The van der Waals surface area contributed by atoms with Gasteiger partial charge in [0.05, 0.1) is 0 Å². The zero-order valence-corrected chi connectivity index (χ0v) is 11.1. The van der Waals surface area contributed by atoms with Crippen LogP contribution in [0.1, 0.15) is 39.5 Å². The molecule has 18 heavy (non-hydrogen) atoms. The van der Waals surface area contributed by atoms with Gasteiger partial charge in [-0.2, -0.15) is 9.97 Å². The summed E-state index contributed by atoms with van der Waals surface area (Å²) in [5, 5.41) is 3.12. The van der Waals surface area contributed by atoms with Crippen molar-refractivity contribution in [1.29, 1.82) is 0 Å². The van der Waals surface area contributed by atoms with Crippen molar-refractivity contribution in [3.8, 4) is 5.88 Å². The second kappa shape index (κ2) is 5.89. The summed E-state index contributed by atoms with van der Waals surface area (Å²) in [6.07, 6.45) is 4.99. The van der Waals surface area contributed by atoms with Crippen molar-refractivity contribution in [3.63, 3.8) is 0 Å². The molecule has 1 aromatic heterocycles. The lowest BCUT2D eigenvalue weighted by Crippen LogP contribution is -2.24. The molecule has 0 saturated heterocycles. The fourth-order valence-corrected chi connectivity index (χ4v) is 2.43. The fourth-order valence-electron chi connectivity index (χ4n) is 2.43. The van der Waals surface area contributed by atoms with Crippen molar-refractivity contribution >= 4 is 11.8 Å². The van der Waals surface area contributed by atoms with E-state index in [2.05, 4.69) is 22.2 Å². The third kappa shape index (κ3) is 3.48. The molecule has 0 amide bonds. The van der Waals surface area contributed by atoms with Crippen LogP contribution in [-0.2, 0) is 0 Å². The zero-order chi connectivity index (χ0) is 13.0. The number of aromatic nitrogens is 2. The summed E-state index contributed by atoms with van der Waals surface area (Å²) in [4.78, 5) is 8.25. The molecule has 3 N–H and O–H groups in total. The Morgan fingerprint density at radius 2 is 2.28 bits per heavy atom. The summed E-state index contributed by atoms with van der Waals surface area (Å²) in [6.45, 7) is 5.09. The lowest BCUT2D eigenvalue weighted by atomic mass is 9.89. The van der Waals surface area contributed by atoms with Crippen LogP contribution in [0.15, 0.2) is 6.07 Å². The zero-order valence-electron chi connectivity index (χ0n) is 11.1. The lowest BCUT2D eigenvalue weighted by molar-refractivity contribution is 0.124. The first-order valence-electron chi connectivity index (χ1n) is 6.72. The summed E-state index contributed by atoms with van der Waals surface area (Å²) in [6, 6.07) is 1.82. The van der Waals surface area contributed by atoms with Crippen LogP contribution in [0.5, 0.6) is 5.88 Å². The average molecular weight is 250 g/mol. The van der Waals surface area contributed by atoms with E-state index in [1.165, 1.54) is 12.8 Å². The van der Waals surface area contributed by atoms with Gasteiger partial charge in [-0.25, -0.2) is 0 Å². The van der Waals surface area contributed by atoms with Gasteiger partial charge in [0.2, 0.25) is 11.8 Å². The lowest BCUT2D eigenvalue weighted by Gasteiger charge is -2.27. The molecule has 0 spiro atoms. The quantitative estimate of drug-likeness (QED) is 0.858. The van der Waals surface area contributed by atoms with Gasteiger partial charge < -0.3 is 15.8 Å². The number of anilines is 2. The molecular formula is C13H22N4O. The van der Waals surface area contributed by atoms with Crippen LogP contribution in [0.25, 0.3) is 0 Å². The number of nitrogens with zero attached hydrogens (tertiary/aromatic N) is 2. The summed E-state index contributed by atoms with van der Waals surface area (Å²) < 4.78 is 5.92. The van der Waals surface area contributed by atoms with Gasteiger partial charge in [0.25, 0.3) is 0 Å². The summed E-state index contributed by atoms with van der Waals surface area (Å²) >= 11 is 0. The third-order valence-electron chi connectivity index (χ3n) is 3.25. The second-order valence-corrected chi connectivity index (χ2v) is 4.99. The van der Waals surface area contributed by atoms with E-state index < -0.39 is 0 Å². The molecule has 2 unspecified atom stereocenters. The standard InChI is InChI=1S/C13H22N4O/c1-3-15-11-8-12(17-13(14)16-11)18-10-6-4-5-9(2)7-10/h8-10H,3-7H2,1-2H3,(H3,14,15,16,17). The van der Waals surface area contributed by atoms with Crippen molar-refractivity contribution in [2.45, 2.75) is 45.6 Å². The van der Waals surface area contributed by atoms with Crippen molar-refractivity contribution in [3.05, 3.63) is 6.07 Å². The Bertz CT molecular complexity index is 397. The number of hydrogen-bond acceptors (Lipinski definition) is 5. The number of hydrogen-bond donors (Lipinski definition) is 2. The Hall–Kier alpha value is -1.52. The summed E-state index contributed by atoms with van der Waals surface area (Å²) in [7, 11) is 0. The highest BCUT2D eigenvalue weighted by Crippen LogP contribution is 2.27. The highest BCUT2D eigenvalue weighted by Gasteiger charge is 2.21. The van der Waals surface area contributed by atoms with E-state index in [9.17, 15) is 0 Å². The topological polar surface area (TPSA) is 73.1 Å². The van der Waals surface area contributed by atoms with Crippen LogP contribution in [0.2, 0.25) is 0 Å². The van der Waals surface area contributed by atoms with Gasteiger partial charge in [0.1, 0.15) is 11.9 Å². The van der Waals surface area contributed by atoms with Crippen LogP contribution >= 0.6 is 0 Å². The molecule has 0 aromatic carbocycles. The molecule has 1 aromatic rings. The fraction of sp³-hybridized carbons (Fsp3) is 0.692. The molecule has 1 saturated carbocycles. The minimum Gasteiger partial charge on any atom is -0.474 e. The van der Waals surface area contributed by atoms with Gasteiger partial charge in [0, 0.05) is 12.6 Å². The van der Waals surface area contributed by atoms with Crippen LogP contribution in [0.3, 0.4) is 0 Å². The molecule has 0 aliphatic heterocycles. The van der Waals surface area contributed by atoms with E-state index in [4.69, 9.17) is 10.5 Å². The molecule has 2 atom stereocenters. The number of ether oxygens (including phenoxy) is 1. The van der Waals surface area contributed by atoms with Crippen molar-refractivity contribution in [2.75, 3.05) is 17.6 Å². The molecule has 1 aliphatic rings. The Balaban J connectivity index is 2.03. The minimum absolute atomic E-state index is 0.257. The monoisotopic (exact) mass is 250 g/mol. The molecule has 5 nitrogen and oxygen atoms in total. The predicted molar refractivity (Wildman–Crippen MR) is 72.7 cm³/mol. The summed E-state index contributed by atoms with van der Waals surface area (Å²) in [5.41, 5.74) is 5.68. The first-order valence-corrected chi connectivity index (χ1v) is 6.72. The molecule has 5 heteroatoms.